The summed E-state index contributed by atoms with van der Waals surface area (Å²) in [5.74, 6) is 0.106. The van der Waals surface area contributed by atoms with Gasteiger partial charge in [-0.1, -0.05) is 6.07 Å². The van der Waals surface area contributed by atoms with Gasteiger partial charge in [0.25, 0.3) is 5.91 Å². The van der Waals surface area contributed by atoms with E-state index in [4.69, 9.17) is 18.9 Å². The Hall–Kier alpha value is -3.22. The molecule has 0 saturated carbocycles. The van der Waals surface area contributed by atoms with Crippen LogP contribution in [0.2, 0.25) is 0 Å². The molecule has 1 amide bonds. The van der Waals surface area contributed by atoms with E-state index in [-0.39, 0.29) is 5.56 Å². The summed E-state index contributed by atoms with van der Waals surface area (Å²) in [5.41, 5.74) is 0.690. The molecule has 1 N–H and O–H groups in total. The third-order valence-corrected chi connectivity index (χ3v) is 3.64. The van der Waals surface area contributed by atoms with Gasteiger partial charge in [0.1, 0.15) is 22.8 Å². The van der Waals surface area contributed by atoms with Gasteiger partial charge in [0.2, 0.25) is 0 Å². The molecule has 0 saturated heterocycles. The first kappa shape index (κ1) is 19.1. The summed E-state index contributed by atoms with van der Waals surface area (Å²) in [6.45, 7) is 1.48. The minimum absolute atomic E-state index is 0.126. The molecule has 2 aromatic rings. The van der Waals surface area contributed by atoms with Crippen LogP contribution in [0.1, 0.15) is 17.3 Å². The minimum atomic E-state index is -1.01. The molecule has 0 aliphatic carbocycles. The molecule has 0 aliphatic heterocycles. The van der Waals surface area contributed by atoms with Crippen molar-refractivity contribution in [3.05, 3.63) is 48.0 Å². The van der Waals surface area contributed by atoms with Crippen LogP contribution in [0.4, 0.5) is 5.69 Å². The number of carbonyl (C=O) groups excluding carboxylic acids is 2. The molecule has 0 unspecified atom stereocenters. The summed E-state index contributed by atoms with van der Waals surface area (Å²) in [7, 11) is 4.43. The molecular formula is C19H21NO6. The van der Waals surface area contributed by atoms with E-state index in [0.29, 0.717) is 22.9 Å². The van der Waals surface area contributed by atoms with Gasteiger partial charge in [-0.05, 0) is 43.3 Å². The van der Waals surface area contributed by atoms with Crippen LogP contribution in [-0.2, 0) is 9.53 Å². The standard InChI is InChI=1S/C19H21NO6/c1-12(18(21)20-13-8-10-14(23-2)11-9-13)26-19(22)17-15(24-3)6-5-7-16(17)25-4/h5-12H,1-4H3,(H,20,21)/t12-/m0/s1. The Balaban J connectivity index is 2.07. The Labute approximate surface area is 151 Å². The van der Waals surface area contributed by atoms with Gasteiger partial charge in [-0.15, -0.1) is 0 Å². The molecule has 0 fully saturated rings. The quantitative estimate of drug-likeness (QED) is 0.766. The molecule has 26 heavy (non-hydrogen) atoms. The first-order valence-electron chi connectivity index (χ1n) is 7.87. The molecule has 2 rings (SSSR count). The van der Waals surface area contributed by atoms with Crippen molar-refractivity contribution in [2.24, 2.45) is 0 Å². The van der Waals surface area contributed by atoms with Crippen molar-refractivity contribution >= 4 is 17.6 Å². The highest BCUT2D eigenvalue weighted by Gasteiger charge is 2.24. The second-order valence-corrected chi connectivity index (χ2v) is 5.30. The normalized spacial score (nSPS) is 11.2. The first-order chi connectivity index (χ1) is 12.5. The summed E-state index contributed by atoms with van der Waals surface area (Å²) in [6, 6.07) is 11.7. The van der Waals surface area contributed by atoms with E-state index < -0.39 is 18.0 Å². The summed E-state index contributed by atoms with van der Waals surface area (Å²) in [5, 5.41) is 2.67. The van der Waals surface area contributed by atoms with Gasteiger partial charge in [0, 0.05) is 5.69 Å². The molecule has 138 valence electrons. The number of ether oxygens (including phenoxy) is 4. The monoisotopic (exact) mass is 359 g/mol. The lowest BCUT2D eigenvalue weighted by Crippen LogP contribution is -2.30. The van der Waals surface area contributed by atoms with Crippen LogP contribution in [0.3, 0.4) is 0 Å². The van der Waals surface area contributed by atoms with Crippen molar-refractivity contribution in [2.75, 3.05) is 26.6 Å². The molecular weight excluding hydrogens is 338 g/mol. The average molecular weight is 359 g/mol. The molecule has 7 nitrogen and oxygen atoms in total. The van der Waals surface area contributed by atoms with Gasteiger partial charge in [-0.3, -0.25) is 4.79 Å². The lowest BCUT2D eigenvalue weighted by Gasteiger charge is -2.16. The number of benzene rings is 2. The Morgan fingerprint density at radius 2 is 1.46 bits per heavy atom. The third-order valence-electron chi connectivity index (χ3n) is 3.64. The summed E-state index contributed by atoms with van der Waals surface area (Å²) in [6.07, 6.45) is -1.01. The molecule has 2 aromatic carbocycles. The molecule has 0 aromatic heterocycles. The van der Waals surface area contributed by atoms with E-state index in [2.05, 4.69) is 5.32 Å². The molecule has 1 atom stereocenters. The third kappa shape index (κ3) is 4.44. The van der Waals surface area contributed by atoms with E-state index in [1.165, 1.54) is 21.1 Å². The number of carbonyl (C=O) groups is 2. The van der Waals surface area contributed by atoms with E-state index in [1.807, 2.05) is 0 Å². The second-order valence-electron chi connectivity index (χ2n) is 5.30. The van der Waals surface area contributed by atoms with Crippen LogP contribution in [-0.4, -0.2) is 39.3 Å². The zero-order valence-corrected chi connectivity index (χ0v) is 15.1. The number of hydrogen-bond donors (Lipinski definition) is 1. The van der Waals surface area contributed by atoms with Crippen molar-refractivity contribution in [1.29, 1.82) is 0 Å². The Morgan fingerprint density at radius 1 is 0.885 bits per heavy atom. The lowest BCUT2D eigenvalue weighted by atomic mass is 10.1. The zero-order chi connectivity index (χ0) is 19.1. The SMILES string of the molecule is COc1ccc(NC(=O)[C@H](C)OC(=O)c2c(OC)cccc2OC)cc1. The summed E-state index contributed by atoms with van der Waals surface area (Å²) < 4.78 is 20.7. The predicted molar refractivity (Wildman–Crippen MR) is 96.0 cm³/mol. The van der Waals surface area contributed by atoms with Gasteiger partial charge < -0.3 is 24.3 Å². The fourth-order valence-electron chi connectivity index (χ4n) is 2.24. The van der Waals surface area contributed by atoms with Crippen LogP contribution in [0.5, 0.6) is 17.2 Å². The number of methoxy groups -OCH3 is 3. The van der Waals surface area contributed by atoms with Crippen molar-refractivity contribution in [3.8, 4) is 17.2 Å². The van der Waals surface area contributed by atoms with Crippen LogP contribution < -0.4 is 19.5 Å². The van der Waals surface area contributed by atoms with Crippen LogP contribution in [0.25, 0.3) is 0 Å². The zero-order valence-electron chi connectivity index (χ0n) is 15.1. The number of hydrogen-bond acceptors (Lipinski definition) is 6. The predicted octanol–water partition coefficient (Wildman–Crippen LogP) is 2.90. The van der Waals surface area contributed by atoms with E-state index in [9.17, 15) is 9.59 Å². The van der Waals surface area contributed by atoms with Crippen molar-refractivity contribution in [1.82, 2.24) is 0 Å². The van der Waals surface area contributed by atoms with E-state index in [1.54, 1.807) is 49.6 Å². The van der Waals surface area contributed by atoms with Crippen molar-refractivity contribution in [3.63, 3.8) is 0 Å². The van der Waals surface area contributed by atoms with Gasteiger partial charge in [0.15, 0.2) is 6.10 Å². The highest BCUT2D eigenvalue weighted by atomic mass is 16.6. The largest absolute Gasteiger partial charge is 0.497 e. The second kappa shape index (κ2) is 8.75. The fourth-order valence-corrected chi connectivity index (χ4v) is 2.24. The average Bonchev–Trinajstić information content (AvgIpc) is 2.67. The molecule has 0 aliphatic rings. The molecule has 0 bridgehead atoms. The maximum atomic E-state index is 12.5. The fraction of sp³-hybridized carbons (Fsp3) is 0.263. The van der Waals surface area contributed by atoms with Gasteiger partial charge in [-0.2, -0.15) is 0 Å². The first-order valence-corrected chi connectivity index (χ1v) is 7.87. The molecule has 0 heterocycles. The maximum absolute atomic E-state index is 12.5. The molecule has 7 heteroatoms. The number of rotatable bonds is 7. The number of amides is 1. The van der Waals surface area contributed by atoms with Crippen molar-refractivity contribution < 1.29 is 28.5 Å². The Morgan fingerprint density at radius 3 is 1.96 bits per heavy atom. The Kier molecular flexibility index (Phi) is 6.43. The molecule has 0 radical (unpaired) electrons. The number of nitrogens with one attached hydrogen (secondary N) is 1. The van der Waals surface area contributed by atoms with Crippen molar-refractivity contribution in [2.45, 2.75) is 13.0 Å². The maximum Gasteiger partial charge on any atom is 0.346 e. The summed E-state index contributed by atoms with van der Waals surface area (Å²) >= 11 is 0. The smallest absolute Gasteiger partial charge is 0.346 e. The highest BCUT2D eigenvalue weighted by Crippen LogP contribution is 2.29. The van der Waals surface area contributed by atoms with Crippen LogP contribution >= 0.6 is 0 Å². The van der Waals surface area contributed by atoms with E-state index in [0.717, 1.165) is 0 Å². The number of esters is 1. The minimum Gasteiger partial charge on any atom is -0.497 e. The molecule has 0 spiro atoms. The van der Waals surface area contributed by atoms with Crippen LogP contribution in [0.15, 0.2) is 42.5 Å². The van der Waals surface area contributed by atoms with Gasteiger partial charge in [0.05, 0.1) is 21.3 Å². The van der Waals surface area contributed by atoms with Gasteiger partial charge in [-0.25, -0.2) is 4.79 Å². The number of anilines is 1. The van der Waals surface area contributed by atoms with Crippen LogP contribution in [0, 0.1) is 0 Å². The van der Waals surface area contributed by atoms with E-state index >= 15 is 0 Å². The topological polar surface area (TPSA) is 83.1 Å². The summed E-state index contributed by atoms with van der Waals surface area (Å²) in [4.78, 5) is 24.7. The lowest BCUT2D eigenvalue weighted by molar-refractivity contribution is -0.123. The Bertz CT molecular complexity index is 750. The highest BCUT2D eigenvalue weighted by molar-refractivity contribution is 5.99. The van der Waals surface area contributed by atoms with Gasteiger partial charge >= 0.3 is 5.97 Å².